The summed E-state index contributed by atoms with van der Waals surface area (Å²) in [4.78, 5) is 6.43. The van der Waals surface area contributed by atoms with Gasteiger partial charge in [0.1, 0.15) is 5.82 Å². The third kappa shape index (κ3) is 1.39. The van der Waals surface area contributed by atoms with Gasteiger partial charge in [-0.3, -0.25) is 0 Å². The number of rotatable bonds is 1. The Morgan fingerprint density at radius 3 is 2.83 bits per heavy atom. The van der Waals surface area contributed by atoms with Gasteiger partial charge in [0, 0.05) is 25.4 Å². The molecule has 0 N–H and O–H groups in total. The van der Waals surface area contributed by atoms with Crippen LogP contribution in [0.3, 0.4) is 0 Å². The van der Waals surface area contributed by atoms with Crippen LogP contribution >= 0.6 is 11.6 Å². The Balaban J connectivity index is 2.26. The van der Waals surface area contributed by atoms with Crippen LogP contribution < -0.4 is 4.90 Å². The highest BCUT2D eigenvalue weighted by molar-refractivity contribution is 6.32. The zero-order chi connectivity index (χ0) is 8.39. The van der Waals surface area contributed by atoms with Gasteiger partial charge in [-0.05, 0) is 18.9 Å². The van der Waals surface area contributed by atoms with Gasteiger partial charge in [0.05, 0.1) is 5.02 Å². The van der Waals surface area contributed by atoms with Crippen LogP contribution in [-0.2, 0) is 0 Å². The predicted molar refractivity (Wildman–Crippen MR) is 49.5 cm³/mol. The lowest BCUT2D eigenvalue weighted by Gasteiger charge is -2.16. The summed E-state index contributed by atoms with van der Waals surface area (Å²) in [6, 6.07) is 4.68. The quantitative estimate of drug-likeness (QED) is 0.660. The molecule has 63 valence electrons. The fraction of sp³-hybridized carbons (Fsp3) is 0.444. The lowest BCUT2D eigenvalue weighted by Crippen LogP contribution is -2.19. The van der Waals surface area contributed by atoms with Gasteiger partial charge in [-0.15, -0.1) is 0 Å². The van der Waals surface area contributed by atoms with Crippen molar-refractivity contribution >= 4 is 17.4 Å². The van der Waals surface area contributed by atoms with Crippen LogP contribution in [0.1, 0.15) is 12.8 Å². The molecule has 1 aliphatic heterocycles. The number of hydrogen-bond donors (Lipinski definition) is 0. The fourth-order valence-corrected chi connectivity index (χ4v) is 1.72. The molecule has 0 aliphatic carbocycles. The smallest absolute Gasteiger partial charge is 0.147 e. The molecular weight excluding hydrogens is 172 g/mol. The Labute approximate surface area is 77.2 Å². The topological polar surface area (TPSA) is 16.1 Å². The molecule has 0 unspecified atom stereocenters. The number of anilines is 1. The van der Waals surface area contributed by atoms with Crippen molar-refractivity contribution in [1.82, 2.24) is 4.98 Å². The molecule has 1 radical (unpaired) electrons. The third-order valence-corrected chi connectivity index (χ3v) is 2.36. The summed E-state index contributed by atoms with van der Waals surface area (Å²) in [6.07, 6.45) is 4.22. The van der Waals surface area contributed by atoms with Crippen molar-refractivity contribution in [1.29, 1.82) is 0 Å². The summed E-state index contributed by atoms with van der Waals surface area (Å²) in [5.41, 5.74) is 0. The van der Waals surface area contributed by atoms with E-state index in [1.54, 1.807) is 12.3 Å². The maximum Gasteiger partial charge on any atom is 0.147 e. The summed E-state index contributed by atoms with van der Waals surface area (Å²) < 4.78 is 0. The molecule has 0 saturated carbocycles. The molecule has 1 fully saturated rings. The van der Waals surface area contributed by atoms with E-state index < -0.39 is 0 Å². The molecule has 2 heterocycles. The van der Waals surface area contributed by atoms with E-state index in [-0.39, 0.29) is 0 Å². The third-order valence-electron chi connectivity index (χ3n) is 2.08. The highest BCUT2D eigenvalue weighted by atomic mass is 35.5. The van der Waals surface area contributed by atoms with Crippen molar-refractivity contribution in [3.63, 3.8) is 0 Å². The number of nitrogens with zero attached hydrogens (tertiary/aromatic N) is 2. The molecular formula is C9H10ClN2. The molecule has 0 aromatic carbocycles. The van der Waals surface area contributed by atoms with E-state index in [9.17, 15) is 0 Å². The predicted octanol–water partition coefficient (Wildman–Crippen LogP) is 2.14. The van der Waals surface area contributed by atoms with E-state index in [1.807, 2.05) is 0 Å². The minimum atomic E-state index is 0.638. The van der Waals surface area contributed by atoms with Gasteiger partial charge in [0.15, 0.2) is 0 Å². The van der Waals surface area contributed by atoms with Gasteiger partial charge in [-0.2, -0.15) is 0 Å². The average Bonchev–Trinajstić information content (AvgIpc) is 2.57. The Morgan fingerprint density at radius 2 is 2.17 bits per heavy atom. The van der Waals surface area contributed by atoms with Crippen LogP contribution in [0.25, 0.3) is 0 Å². The molecule has 3 heteroatoms. The Hall–Kier alpha value is -0.760. The largest absolute Gasteiger partial charge is 0.355 e. The van der Waals surface area contributed by atoms with E-state index in [0.717, 1.165) is 18.9 Å². The number of pyridine rings is 1. The second-order valence-electron chi connectivity index (χ2n) is 2.92. The summed E-state index contributed by atoms with van der Waals surface area (Å²) in [6.45, 7) is 2.15. The van der Waals surface area contributed by atoms with Crippen LogP contribution in [0.15, 0.2) is 12.3 Å². The van der Waals surface area contributed by atoms with Gasteiger partial charge >= 0.3 is 0 Å². The molecule has 0 atom stereocenters. The van der Waals surface area contributed by atoms with Gasteiger partial charge in [0.25, 0.3) is 0 Å². The number of hydrogen-bond acceptors (Lipinski definition) is 2. The average molecular weight is 182 g/mol. The van der Waals surface area contributed by atoms with Crippen LogP contribution in [0.4, 0.5) is 5.82 Å². The van der Waals surface area contributed by atoms with Crippen LogP contribution in [-0.4, -0.2) is 18.1 Å². The molecule has 1 aromatic rings. The molecule has 0 spiro atoms. The lowest BCUT2D eigenvalue weighted by atomic mass is 10.4. The Bertz CT molecular complexity index is 269. The Morgan fingerprint density at radius 1 is 1.42 bits per heavy atom. The van der Waals surface area contributed by atoms with E-state index in [2.05, 4.69) is 16.0 Å². The minimum Gasteiger partial charge on any atom is -0.355 e. The number of halogens is 1. The van der Waals surface area contributed by atoms with Gasteiger partial charge < -0.3 is 4.90 Å². The van der Waals surface area contributed by atoms with Gasteiger partial charge in [-0.1, -0.05) is 11.6 Å². The van der Waals surface area contributed by atoms with E-state index >= 15 is 0 Å². The maximum atomic E-state index is 5.94. The minimum absolute atomic E-state index is 0.638. The highest BCUT2D eigenvalue weighted by Crippen LogP contribution is 2.24. The van der Waals surface area contributed by atoms with E-state index in [4.69, 9.17) is 11.6 Å². The van der Waals surface area contributed by atoms with E-state index in [1.165, 1.54) is 12.8 Å². The molecule has 1 aromatic heterocycles. The number of aromatic nitrogens is 1. The first-order chi connectivity index (χ1) is 5.88. The molecule has 12 heavy (non-hydrogen) atoms. The SMILES string of the molecule is Clc1[c]ccnc1N1CCCC1. The fourth-order valence-electron chi connectivity index (χ4n) is 1.49. The van der Waals surface area contributed by atoms with Crippen molar-refractivity contribution in [2.24, 2.45) is 0 Å². The second-order valence-corrected chi connectivity index (χ2v) is 3.30. The van der Waals surface area contributed by atoms with Gasteiger partial charge in [0.2, 0.25) is 0 Å². The maximum absolute atomic E-state index is 5.94. The monoisotopic (exact) mass is 181 g/mol. The first kappa shape index (κ1) is 7.87. The first-order valence-electron chi connectivity index (χ1n) is 4.15. The molecule has 2 rings (SSSR count). The molecule has 0 amide bonds. The first-order valence-corrected chi connectivity index (χ1v) is 4.53. The van der Waals surface area contributed by atoms with Gasteiger partial charge in [-0.25, -0.2) is 4.98 Å². The van der Waals surface area contributed by atoms with E-state index in [0.29, 0.717) is 5.02 Å². The molecule has 1 saturated heterocycles. The molecule has 2 nitrogen and oxygen atoms in total. The summed E-state index contributed by atoms with van der Waals surface area (Å²) in [7, 11) is 0. The van der Waals surface area contributed by atoms with Crippen molar-refractivity contribution in [2.45, 2.75) is 12.8 Å². The zero-order valence-electron chi connectivity index (χ0n) is 6.76. The summed E-state index contributed by atoms with van der Waals surface area (Å²) in [5, 5.41) is 0.638. The lowest BCUT2D eigenvalue weighted by molar-refractivity contribution is 0.937. The normalized spacial score (nSPS) is 16.9. The van der Waals surface area contributed by atoms with Crippen molar-refractivity contribution in [3.8, 4) is 0 Å². The summed E-state index contributed by atoms with van der Waals surface area (Å²) in [5.74, 6) is 0.886. The second kappa shape index (κ2) is 3.31. The van der Waals surface area contributed by atoms with Crippen molar-refractivity contribution < 1.29 is 0 Å². The van der Waals surface area contributed by atoms with Crippen molar-refractivity contribution in [2.75, 3.05) is 18.0 Å². The summed E-state index contributed by atoms with van der Waals surface area (Å²) >= 11 is 5.94. The molecule has 0 bridgehead atoms. The highest BCUT2D eigenvalue weighted by Gasteiger charge is 2.15. The van der Waals surface area contributed by atoms with Crippen LogP contribution in [0, 0.1) is 6.07 Å². The molecule has 1 aliphatic rings. The van der Waals surface area contributed by atoms with Crippen LogP contribution in [0.2, 0.25) is 5.02 Å². The van der Waals surface area contributed by atoms with Crippen LogP contribution in [0.5, 0.6) is 0 Å². The zero-order valence-corrected chi connectivity index (χ0v) is 7.51. The Kier molecular flexibility index (Phi) is 2.17. The van der Waals surface area contributed by atoms with Crippen molar-refractivity contribution in [3.05, 3.63) is 23.4 Å². The standard InChI is InChI=1S/C9H10ClN2/c10-8-4-3-5-11-9(8)12-6-1-2-7-12/h3,5H,1-2,6-7H2.